The van der Waals surface area contributed by atoms with Gasteiger partial charge in [0.05, 0.1) is 6.21 Å². The van der Waals surface area contributed by atoms with Crippen molar-refractivity contribution in [3.63, 3.8) is 0 Å². The number of thioether (sulfide) groups is 1. The van der Waals surface area contributed by atoms with Gasteiger partial charge in [0.15, 0.2) is 5.82 Å². The number of nitrogens with zero attached hydrogens (tertiary/aromatic N) is 5. The Morgan fingerprint density at radius 3 is 2.78 bits per heavy atom. The molecule has 5 nitrogen and oxygen atoms in total. The van der Waals surface area contributed by atoms with Gasteiger partial charge in [-0.05, 0) is 30.7 Å². The number of benzene rings is 1. The van der Waals surface area contributed by atoms with Crippen LogP contribution in [0, 0.1) is 6.92 Å². The summed E-state index contributed by atoms with van der Waals surface area (Å²) in [6, 6.07) is 12.1. The molecule has 7 heteroatoms. The van der Waals surface area contributed by atoms with Crippen molar-refractivity contribution in [2.24, 2.45) is 5.10 Å². The van der Waals surface area contributed by atoms with Gasteiger partial charge in [0.25, 0.3) is 0 Å². The molecule has 0 bridgehead atoms. The molecule has 3 rings (SSSR count). The fourth-order valence-electron chi connectivity index (χ4n) is 1.87. The van der Waals surface area contributed by atoms with Gasteiger partial charge in [-0.1, -0.05) is 45.9 Å². The second-order valence-electron chi connectivity index (χ2n) is 4.79. The van der Waals surface area contributed by atoms with Crippen molar-refractivity contribution < 1.29 is 0 Å². The fourth-order valence-corrected chi connectivity index (χ4v) is 3.02. The van der Waals surface area contributed by atoms with E-state index in [1.807, 2.05) is 31.2 Å². The van der Waals surface area contributed by atoms with Crippen molar-refractivity contribution >= 4 is 33.9 Å². The standard InChI is InChI=1S/C16H14BrN5S/c1-12-20-21-16(23-11-13-4-6-15(17)7-5-13)22(12)19-10-14-3-2-8-18-9-14/h2-10H,11H2,1H3/b19-10+. The van der Waals surface area contributed by atoms with Crippen molar-refractivity contribution in [3.05, 3.63) is 70.2 Å². The van der Waals surface area contributed by atoms with Gasteiger partial charge >= 0.3 is 0 Å². The quantitative estimate of drug-likeness (QED) is 0.491. The molecule has 116 valence electrons. The number of aryl methyl sites for hydroxylation is 1. The van der Waals surface area contributed by atoms with E-state index in [9.17, 15) is 0 Å². The van der Waals surface area contributed by atoms with Crippen LogP contribution in [0.15, 0.2) is 63.5 Å². The van der Waals surface area contributed by atoms with Gasteiger partial charge in [-0.3, -0.25) is 4.98 Å². The molecule has 2 heterocycles. The Hall–Kier alpha value is -1.99. The van der Waals surface area contributed by atoms with Gasteiger partial charge in [-0.2, -0.15) is 9.78 Å². The summed E-state index contributed by atoms with van der Waals surface area (Å²) >= 11 is 5.05. The molecule has 0 saturated heterocycles. The molecule has 0 unspecified atom stereocenters. The number of aromatic nitrogens is 4. The molecule has 0 aliphatic carbocycles. The molecule has 23 heavy (non-hydrogen) atoms. The Kier molecular flexibility index (Phi) is 5.19. The summed E-state index contributed by atoms with van der Waals surface area (Å²) < 4.78 is 2.82. The van der Waals surface area contributed by atoms with E-state index in [4.69, 9.17) is 0 Å². The molecule has 0 aliphatic heterocycles. The van der Waals surface area contributed by atoms with E-state index >= 15 is 0 Å². The average Bonchev–Trinajstić information content (AvgIpc) is 2.93. The van der Waals surface area contributed by atoms with Crippen LogP contribution in [0.5, 0.6) is 0 Å². The number of hydrogen-bond donors (Lipinski definition) is 0. The first kappa shape index (κ1) is 15.9. The SMILES string of the molecule is Cc1nnc(SCc2ccc(Br)cc2)n1/N=C/c1cccnc1. The maximum absolute atomic E-state index is 4.46. The summed E-state index contributed by atoms with van der Waals surface area (Å²) in [6.45, 7) is 1.89. The molecule has 0 amide bonds. The van der Waals surface area contributed by atoms with E-state index < -0.39 is 0 Å². The molecule has 0 radical (unpaired) electrons. The van der Waals surface area contributed by atoms with Crippen LogP contribution in [-0.2, 0) is 5.75 Å². The first-order valence-electron chi connectivity index (χ1n) is 6.96. The van der Waals surface area contributed by atoms with E-state index in [1.54, 1.807) is 35.0 Å². The summed E-state index contributed by atoms with van der Waals surface area (Å²) in [7, 11) is 0. The highest BCUT2D eigenvalue weighted by molar-refractivity contribution is 9.10. The Morgan fingerprint density at radius 1 is 1.22 bits per heavy atom. The minimum Gasteiger partial charge on any atom is -0.264 e. The second kappa shape index (κ2) is 7.52. The molecule has 0 aliphatic rings. The summed E-state index contributed by atoms with van der Waals surface area (Å²) in [6.07, 6.45) is 5.26. The largest absolute Gasteiger partial charge is 0.264 e. The molecule has 1 aromatic carbocycles. The van der Waals surface area contributed by atoms with Crippen molar-refractivity contribution in [1.29, 1.82) is 0 Å². The van der Waals surface area contributed by atoms with E-state index in [0.717, 1.165) is 26.8 Å². The number of halogens is 1. The third-order valence-corrected chi connectivity index (χ3v) is 4.57. The van der Waals surface area contributed by atoms with E-state index in [0.29, 0.717) is 0 Å². The molecule has 3 aromatic rings. The predicted molar refractivity (Wildman–Crippen MR) is 95.7 cm³/mol. The van der Waals surface area contributed by atoms with Crippen LogP contribution >= 0.6 is 27.7 Å². The topological polar surface area (TPSA) is 56.0 Å². The zero-order chi connectivity index (χ0) is 16.1. The van der Waals surface area contributed by atoms with Gasteiger partial charge in [0, 0.05) is 28.2 Å². The van der Waals surface area contributed by atoms with Crippen LogP contribution in [0.25, 0.3) is 0 Å². The lowest BCUT2D eigenvalue weighted by Crippen LogP contribution is -1.96. The van der Waals surface area contributed by atoms with Crippen molar-refractivity contribution in [3.8, 4) is 0 Å². The van der Waals surface area contributed by atoms with Crippen LogP contribution < -0.4 is 0 Å². The van der Waals surface area contributed by atoms with E-state index in [2.05, 4.69) is 48.3 Å². The minimum absolute atomic E-state index is 0.753. The Balaban J connectivity index is 1.73. The summed E-state index contributed by atoms with van der Waals surface area (Å²) in [5, 5.41) is 13.5. The highest BCUT2D eigenvalue weighted by Crippen LogP contribution is 2.22. The maximum atomic E-state index is 4.46. The van der Waals surface area contributed by atoms with Gasteiger partial charge in [-0.25, -0.2) is 0 Å². The van der Waals surface area contributed by atoms with Crippen molar-refractivity contribution in [1.82, 2.24) is 19.9 Å². The van der Waals surface area contributed by atoms with Gasteiger partial charge in [-0.15, -0.1) is 10.2 Å². The lowest BCUT2D eigenvalue weighted by atomic mass is 10.2. The molecule has 2 aromatic heterocycles. The van der Waals surface area contributed by atoms with E-state index in [-0.39, 0.29) is 0 Å². The maximum Gasteiger partial charge on any atom is 0.212 e. The summed E-state index contributed by atoms with van der Waals surface area (Å²) in [5.41, 5.74) is 2.16. The molecule has 0 atom stereocenters. The van der Waals surface area contributed by atoms with Crippen LogP contribution in [0.4, 0.5) is 0 Å². The Labute approximate surface area is 147 Å². The fraction of sp³-hybridized carbons (Fsp3) is 0.125. The lowest BCUT2D eigenvalue weighted by molar-refractivity contribution is 0.744. The smallest absolute Gasteiger partial charge is 0.212 e. The lowest BCUT2D eigenvalue weighted by Gasteiger charge is -2.03. The van der Waals surface area contributed by atoms with Crippen molar-refractivity contribution in [2.45, 2.75) is 17.8 Å². The first-order chi connectivity index (χ1) is 11.2. The number of rotatable bonds is 5. The van der Waals surface area contributed by atoms with Crippen LogP contribution in [-0.4, -0.2) is 26.1 Å². The van der Waals surface area contributed by atoms with Gasteiger partial charge < -0.3 is 0 Å². The second-order valence-corrected chi connectivity index (χ2v) is 6.65. The molecule has 0 fully saturated rings. The van der Waals surface area contributed by atoms with Crippen LogP contribution in [0.1, 0.15) is 17.0 Å². The van der Waals surface area contributed by atoms with Crippen LogP contribution in [0.3, 0.4) is 0 Å². The zero-order valence-corrected chi connectivity index (χ0v) is 14.8. The number of hydrogen-bond acceptors (Lipinski definition) is 5. The first-order valence-corrected chi connectivity index (χ1v) is 8.74. The Morgan fingerprint density at radius 2 is 2.04 bits per heavy atom. The van der Waals surface area contributed by atoms with Gasteiger partial charge in [0.2, 0.25) is 5.16 Å². The normalized spacial score (nSPS) is 11.2. The molecule has 0 N–H and O–H groups in total. The molecular formula is C16H14BrN5S. The molecule has 0 spiro atoms. The van der Waals surface area contributed by atoms with E-state index in [1.165, 1.54) is 5.56 Å². The summed E-state index contributed by atoms with van der Waals surface area (Å²) in [5.74, 6) is 1.57. The molecule has 0 saturated carbocycles. The zero-order valence-electron chi connectivity index (χ0n) is 12.4. The van der Waals surface area contributed by atoms with Crippen molar-refractivity contribution in [2.75, 3.05) is 0 Å². The minimum atomic E-state index is 0.753. The third kappa shape index (κ3) is 4.27. The number of pyridine rings is 1. The van der Waals surface area contributed by atoms with Crippen LogP contribution in [0.2, 0.25) is 0 Å². The van der Waals surface area contributed by atoms with Gasteiger partial charge in [0.1, 0.15) is 0 Å². The highest BCUT2D eigenvalue weighted by Gasteiger charge is 2.08. The monoisotopic (exact) mass is 387 g/mol. The Bertz CT molecular complexity index is 799. The highest BCUT2D eigenvalue weighted by atomic mass is 79.9. The average molecular weight is 388 g/mol. The summed E-state index contributed by atoms with van der Waals surface area (Å²) in [4.78, 5) is 4.07. The predicted octanol–water partition coefficient (Wildman–Crippen LogP) is 3.92. The third-order valence-electron chi connectivity index (χ3n) is 3.06. The molecular weight excluding hydrogens is 374 g/mol.